The van der Waals surface area contributed by atoms with E-state index in [0.717, 1.165) is 11.3 Å². The summed E-state index contributed by atoms with van der Waals surface area (Å²) in [5.74, 6) is -0.383. The molecule has 1 amide bonds. The summed E-state index contributed by atoms with van der Waals surface area (Å²) in [6.45, 7) is 7.90. The van der Waals surface area contributed by atoms with Crippen molar-refractivity contribution in [2.24, 2.45) is 0 Å². The Kier molecular flexibility index (Phi) is 3.70. The summed E-state index contributed by atoms with van der Waals surface area (Å²) in [7, 11) is 0. The van der Waals surface area contributed by atoms with E-state index in [2.05, 4.69) is 32.2 Å². The van der Waals surface area contributed by atoms with Crippen molar-refractivity contribution < 1.29 is 9.90 Å². The van der Waals surface area contributed by atoms with E-state index in [1.165, 1.54) is 5.56 Å². The van der Waals surface area contributed by atoms with Crippen LogP contribution in [0.1, 0.15) is 31.9 Å². The van der Waals surface area contributed by atoms with Crippen LogP contribution >= 0.6 is 0 Å². The first-order valence-electron chi connectivity index (χ1n) is 5.36. The summed E-state index contributed by atoms with van der Waals surface area (Å²) in [6, 6.07) is 5.94. The predicted molar refractivity (Wildman–Crippen MR) is 65.6 cm³/mol. The van der Waals surface area contributed by atoms with Crippen LogP contribution in [0.2, 0.25) is 0 Å². The molecule has 0 aromatic heterocycles. The molecule has 2 N–H and O–H groups in total. The minimum Gasteiger partial charge on any atom is -0.387 e. The molecular weight excluding hydrogens is 202 g/mol. The molecule has 3 nitrogen and oxygen atoms in total. The number of nitrogens with one attached hydrogen (secondary N) is 1. The quantitative estimate of drug-likeness (QED) is 0.804. The smallest absolute Gasteiger partial charge is 0.250 e. The van der Waals surface area contributed by atoms with Gasteiger partial charge in [0, 0.05) is 5.69 Å². The van der Waals surface area contributed by atoms with Gasteiger partial charge in [0.1, 0.15) is 6.61 Å². The number of anilines is 1. The van der Waals surface area contributed by atoms with Crippen molar-refractivity contribution in [3.05, 3.63) is 29.3 Å². The molecule has 0 aliphatic heterocycles. The van der Waals surface area contributed by atoms with E-state index in [4.69, 9.17) is 5.11 Å². The largest absolute Gasteiger partial charge is 0.387 e. The van der Waals surface area contributed by atoms with E-state index in [-0.39, 0.29) is 11.3 Å². The van der Waals surface area contributed by atoms with Crippen LogP contribution < -0.4 is 5.32 Å². The number of rotatable bonds is 2. The van der Waals surface area contributed by atoms with E-state index in [1.807, 2.05) is 19.1 Å². The number of hydrogen-bond donors (Lipinski definition) is 2. The monoisotopic (exact) mass is 221 g/mol. The fourth-order valence-electron chi connectivity index (χ4n) is 1.46. The number of carbonyl (C=O) groups is 1. The van der Waals surface area contributed by atoms with Gasteiger partial charge in [-0.2, -0.15) is 0 Å². The second kappa shape index (κ2) is 4.66. The number of carbonyl (C=O) groups excluding carboxylic acids is 1. The van der Waals surface area contributed by atoms with Crippen LogP contribution in [0.4, 0.5) is 5.69 Å². The van der Waals surface area contributed by atoms with Gasteiger partial charge in [0.15, 0.2) is 0 Å². The highest BCUT2D eigenvalue weighted by molar-refractivity contribution is 5.92. The predicted octanol–water partition coefficient (Wildman–Crippen LogP) is 2.22. The normalized spacial score (nSPS) is 11.3. The molecule has 0 atom stereocenters. The highest BCUT2D eigenvalue weighted by Crippen LogP contribution is 2.26. The van der Waals surface area contributed by atoms with Crippen molar-refractivity contribution in [3.8, 4) is 0 Å². The van der Waals surface area contributed by atoms with Gasteiger partial charge in [0.25, 0.3) is 0 Å². The summed E-state index contributed by atoms with van der Waals surface area (Å²) in [6.07, 6.45) is 0. The lowest BCUT2D eigenvalue weighted by Gasteiger charge is -2.20. The highest BCUT2D eigenvalue weighted by Gasteiger charge is 2.14. The molecule has 16 heavy (non-hydrogen) atoms. The Hall–Kier alpha value is -1.35. The van der Waals surface area contributed by atoms with Gasteiger partial charge in [-0.05, 0) is 29.5 Å². The number of amides is 1. The molecule has 0 aliphatic carbocycles. The third-order valence-corrected chi connectivity index (χ3v) is 2.51. The van der Waals surface area contributed by atoms with Gasteiger partial charge in [-0.25, -0.2) is 0 Å². The molecule has 3 heteroatoms. The lowest BCUT2D eigenvalue weighted by atomic mass is 9.86. The Bertz CT molecular complexity index is 391. The average Bonchev–Trinajstić information content (AvgIpc) is 2.19. The van der Waals surface area contributed by atoms with Crippen LogP contribution in [0.5, 0.6) is 0 Å². The Balaban J connectivity index is 2.96. The first-order chi connectivity index (χ1) is 7.34. The number of benzene rings is 1. The average molecular weight is 221 g/mol. The van der Waals surface area contributed by atoms with Crippen molar-refractivity contribution in [2.45, 2.75) is 33.1 Å². The van der Waals surface area contributed by atoms with Crippen LogP contribution in [0, 0.1) is 6.92 Å². The molecule has 1 aromatic carbocycles. The fraction of sp³-hybridized carbons (Fsp3) is 0.462. The lowest BCUT2D eigenvalue weighted by Crippen LogP contribution is -2.17. The third kappa shape index (κ3) is 3.07. The zero-order valence-corrected chi connectivity index (χ0v) is 10.3. The summed E-state index contributed by atoms with van der Waals surface area (Å²) in [4.78, 5) is 11.1. The van der Waals surface area contributed by atoms with Crippen LogP contribution in [-0.2, 0) is 10.2 Å². The summed E-state index contributed by atoms with van der Waals surface area (Å²) in [5.41, 5.74) is 3.10. The van der Waals surface area contributed by atoms with E-state index in [0.29, 0.717) is 0 Å². The van der Waals surface area contributed by atoms with E-state index in [9.17, 15) is 4.79 Å². The summed E-state index contributed by atoms with van der Waals surface area (Å²) in [5, 5.41) is 11.3. The highest BCUT2D eigenvalue weighted by atomic mass is 16.3. The van der Waals surface area contributed by atoms with Crippen molar-refractivity contribution in [1.82, 2.24) is 0 Å². The molecule has 0 radical (unpaired) electrons. The molecular formula is C13H19NO2. The van der Waals surface area contributed by atoms with Crippen molar-refractivity contribution in [2.75, 3.05) is 11.9 Å². The molecule has 0 saturated heterocycles. The summed E-state index contributed by atoms with van der Waals surface area (Å²) >= 11 is 0. The maximum atomic E-state index is 11.1. The van der Waals surface area contributed by atoms with Gasteiger partial charge >= 0.3 is 0 Å². The van der Waals surface area contributed by atoms with Gasteiger partial charge in [0.2, 0.25) is 5.91 Å². The van der Waals surface area contributed by atoms with Gasteiger partial charge in [-0.1, -0.05) is 32.9 Å². The number of aliphatic hydroxyl groups excluding tert-OH is 1. The molecule has 0 aliphatic rings. The molecule has 0 heterocycles. The third-order valence-electron chi connectivity index (χ3n) is 2.51. The lowest BCUT2D eigenvalue weighted by molar-refractivity contribution is -0.118. The fourth-order valence-corrected chi connectivity index (χ4v) is 1.46. The Morgan fingerprint density at radius 2 is 2.00 bits per heavy atom. The second-order valence-electron chi connectivity index (χ2n) is 4.99. The van der Waals surface area contributed by atoms with Crippen LogP contribution in [0.3, 0.4) is 0 Å². The standard InChI is InChI=1S/C13H19NO2/c1-9-7-10(13(2,3)4)5-6-11(9)14-12(16)8-15/h5-7,15H,8H2,1-4H3,(H,14,16). The number of hydrogen-bond acceptors (Lipinski definition) is 2. The summed E-state index contributed by atoms with van der Waals surface area (Å²) < 4.78 is 0. The van der Waals surface area contributed by atoms with Crippen molar-refractivity contribution in [3.63, 3.8) is 0 Å². The van der Waals surface area contributed by atoms with Gasteiger partial charge in [-0.15, -0.1) is 0 Å². The number of aliphatic hydroxyl groups is 1. The number of aryl methyl sites for hydroxylation is 1. The van der Waals surface area contributed by atoms with Gasteiger partial charge < -0.3 is 10.4 Å². The molecule has 0 bridgehead atoms. The molecule has 88 valence electrons. The first kappa shape index (κ1) is 12.7. The topological polar surface area (TPSA) is 49.3 Å². The van der Waals surface area contributed by atoms with E-state index >= 15 is 0 Å². The minimum atomic E-state index is -0.486. The Morgan fingerprint density at radius 1 is 1.38 bits per heavy atom. The molecule has 1 rings (SSSR count). The molecule has 0 spiro atoms. The SMILES string of the molecule is Cc1cc(C(C)(C)C)ccc1NC(=O)CO. The maximum absolute atomic E-state index is 11.1. The molecule has 0 unspecified atom stereocenters. The Labute approximate surface area is 96.5 Å². The molecule has 0 fully saturated rings. The van der Waals surface area contributed by atoms with Crippen LogP contribution in [0.15, 0.2) is 18.2 Å². The van der Waals surface area contributed by atoms with Crippen LogP contribution in [-0.4, -0.2) is 17.6 Å². The van der Waals surface area contributed by atoms with E-state index < -0.39 is 6.61 Å². The second-order valence-corrected chi connectivity index (χ2v) is 4.99. The van der Waals surface area contributed by atoms with Crippen LogP contribution in [0.25, 0.3) is 0 Å². The zero-order chi connectivity index (χ0) is 12.3. The maximum Gasteiger partial charge on any atom is 0.250 e. The van der Waals surface area contributed by atoms with Gasteiger partial charge in [0.05, 0.1) is 0 Å². The first-order valence-corrected chi connectivity index (χ1v) is 5.36. The Morgan fingerprint density at radius 3 is 2.44 bits per heavy atom. The van der Waals surface area contributed by atoms with E-state index in [1.54, 1.807) is 0 Å². The van der Waals surface area contributed by atoms with Gasteiger partial charge in [-0.3, -0.25) is 4.79 Å². The molecule has 0 saturated carbocycles. The zero-order valence-electron chi connectivity index (χ0n) is 10.3. The van der Waals surface area contributed by atoms with Crippen molar-refractivity contribution >= 4 is 11.6 Å². The molecule has 1 aromatic rings. The minimum absolute atomic E-state index is 0.101. The van der Waals surface area contributed by atoms with Crippen molar-refractivity contribution in [1.29, 1.82) is 0 Å².